The summed E-state index contributed by atoms with van der Waals surface area (Å²) in [6.07, 6.45) is 3.62. The summed E-state index contributed by atoms with van der Waals surface area (Å²) in [5.74, 6) is 0.237. The minimum atomic E-state index is 0.237. The second-order valence-corrected chi connectivity index (χ2v) is 5.34. The quantitative estimate of drug-likeness (QED) is 0.881. The molecule has 98 valence electrons. The molecule has 1 aliphatic rings. The van der Waals surface area contributed by atoms with E-state index in [2.05, 4.69) is 23.5 Å². The Balaban J connectivity index is 1.76. The van der Waals surface area contributed by atoms with Crippen LogP contribution in [0, 0.1) is 0 Å². The number of aromatic hydroxyl groups is 1. The third-order valence-electron chi connectivity index (χ3n) is 3.66. The van der Waals surface area contributed by atoms with E-state index in [1.165, 1.54) is 30.4 Å². The van der Waals surface area contributed by atoms with Gasteiger partial charge in [0.2, 0.25) is 0 Å². The molecule has 2 nitrogen and oxygen atoms in total. The fourth-order valence-corrected chi connectivity index (χ4v) is 2.83. The zero-order valence-electron chi connectivity index (χ0n) is 10.6. The summed E-state index contributed by atoms with van der Waals surface area (Å²) in [6.45, 7) is 0.532. The number of benzene rings is 2. The van der Waals surface area contributed by atoms with Crippen molar-refractivity contribution in [2.45, 2.75) is 25.8 Å². The van der Waals surface area contributed by atoms with Crippen LogP contribution in [0.5, 0.6) is 5.75 Å². The average molecular weight is 274 g/mol. The normalized spacial score (nSPS) is 13.3. The number of rotatable bonds is 3. The molecule has 0 saturated heterocycles. The van der Waals surface area contributed by atoms with Gasteiger partial charge in [0, 0.05) is 22.8 Å². The summed E-state index contributed by atoms with van der Waals surface area (Å²) in [6, 6.07) is 11.7. The molecule has 0 atom stereocenters. The van der Waals surface area contributed by atoms with Crippen molar-refractivity contribution >= 4 is 17.3 Å². The predicted octanol–water partition coefficient (Wildman–Crippen LogP) is 4.15. The van der Waals surface area contributed by atoms with Crippen LogP contribution in [0.3, 0.4) is 0 Å². The van der Waals surface area contributed by atoms with E-state index in [0.29, 0.717) is 11.6 Å². The Kier molecular flexibility index (Phi) is 3.34. The Morgan fingerprint density at radius 1 is 1.11 bits per heavy atom. The molecule has 0 heterocycles. The largest absolute Gasteiger partial charge is 0.508 e. The molecule has 0 aliphatic heterocycles. The Labute approximate surface area is 118 Å². The molecule has 2 aromatic carbocycles. The topological polar surface area (TPSA) is 32.3 Å². The summed E-state index contributed by atoms with van der Waals surface area (Å²) < 4.78 is 0. The first-order valence-electron chi connectivity index (χ1n) is 6.56. The zero-order chi connectivity index (χ0) is 13.2. The highest BCUT2D eigenvalue weighted by Crippen LogP contribution is 2.28. The van der Waals surface area contributed by atoms with Gasteiger partial charge in [-0.25, -0.2) is 0 Å². The molecule has 19 heavy (non-hydrogen) atoms. The van der Waals surface area contributed by atoms with Crippen molar-refractivity contribution in [3.8, 4) is 5.75 Å². The van der Waals surface area contributed by atoms with Crippen molar-refractivity contribution in [3.05, 3.63) is 58.1 Å². The summed E-state index contributed by atoms with van der Waals surface area (Å²) in [7, 11) is 0. The van der Waals surface area contributed by atoms with E-state index < -0.39 is 0 Å². The van der Waals surface area contributed by atoms with E-state index in [1.54, 1.807) is 18.2 Å². The standard InChI is InChI=1S/C16H16ClNO/c17-15-5-2-6-16(19)14(15)10-18-13-8-7-11-3-1-4-12(11)9-13/h2,5-9,18-19H,1,3-4,10H2. The van der Waals surface area contributed by atoms with Crippen molar-refractivity contribution < 1.29 is 5.11 Å². The number of nitrogens with one attached hydrogen (secondary N) is 1. The van der Waals surface area contributed by atoms with Crippen LogP contribution in [0.25, 0.3) is 0 Å². The first-order valence-corrected chi connectivity index (χ1v) is 6.94. The van der Waals surface area contributed by atoms with Crippen LogP contribution in [-0.4, -0.2) is 5.11 Å². The number of anilines is 1. The molecule has 2 aromatic rings. The molecule has 0 spiro atoms. The van der Waals surface area contributed by atoms with Gasteiger partial charge in [-0.1, -0.05) is 23.7 Å². The first-order chi connectivity index (χ1) is 9.24. The molecule has 0 unspecified atom stereocenters. The molecule has 0 saturated carbocycles. The number of hydrogen-bond acceptors (Lipinski definition) is 2. The monoisotopic (exact) mass is 273 g/mol. The van der Waals surface area contributed by atoms with Gasteiger partial charge in [0.15, 0.2) is 0 Å². The number of aryl methyl sites for hydroxylation is 2. The minimum Gasteiger partial charge on any atom is -0.508 e. The van der Waals surface area contributed by atoms with Gasteiger partial charge in [0.1, 0.15) is 5.75 Å². The van der Waals surface area contributed by atoms with Crippen molar-refractivity contribution in [2.24, 2.45) is 0 Å². The highest BCUT2D eigenvalue weighted by Gasteiger charge is 2.11. The van der Waals surface area contributed by atoms with Gasteiger partial charge in [-0.15, -0.1) is 0 Å². The fraction of sp³-hybridized carbons (Fsp3) is 0.250. The second kappa shape index (κ2) is 5.14. The SMILES string of the molecule is Oc1cccc(Cl)c1CNc1ccc2c(c1)CCC2. The zero-order valence-corrected chi connectivity index (χ0v) is 11.4. The van der Waals surface area contributed by atoms with Crippen LogP contribution >= 0.6 is 11.6 Å². The van der Waals surface area contributed by atoms with E-state index in [9.17, 15) is 5.11 Å². The van der Waals surface area contributed by atoms with Crippen molar-refractivity contribution in [1.82, 2.24) is 0 Å². The number of halogens is 1. The summed E-state index contributed by atoms with van der Waals surface area (Å²) in [4.78, 5) is 0. The molecule has 0 amide bonds. The van der Waals surface area contributed by atoms with Crippen LogP contribution in [-0.2, 0) is 19.4 Å². The van der Waals surface area contributed by atoms with Gasteiger partial charge in [-0.3, -0.25) is 0 Å². The lowest BCUT2D eigenvalue weighted by Gasteiger charge is -2.11. The number of phenolic OH excluding ortho intramolecular Hbond substituents is 1. The Hall–Kier alpha value is -1.67. The third kappa shape index (κ3) is 2.54. The Morgan fingerprint density at radius 3 is 2.79 bits per heavy atom. The highest BCUT2D eigenvalue weighted by molar-refractivity contribution is 6.31. The lowest BCUT2D eigenvalue weighted by molar-refractivity contribution is 0.469. The lowest BCUT2D eigenvalue weighted by atomic mass is 10.1. The summed E-state index contributed by atoms with van der Waals surface area (Å²) in [5, 5.41) is 13.7. The molecule has 3 rings (SSSR count). The second-order valence-electron chi connectivity index (χ2n) is 4.93. The van der Waals surface area contributed by atoms with E-state index in [0.717, 1.165) is 11.3 Å². The number of fused-ring (bicyclic) bond motifs is 1. The molecule has 0 fully saturated rings. The smallest absolute Gasteiger partial charge is 0.122 e. The van der Waals surface area contributed by atoms with E-state index in [-0.39, 0.29) is 5.75 Å². The molecule has 0 radical (unpaired) electrons. The van der Waals surface area contributed by atoms with Crippen LogP contribution in [0.4, 0.5) is 5.69 Å². The van der Waals surface area contributed by atoms with Gasteiger partial charge in [-0.2, -0.15) is 0 Å². The van der Waals surface area contributed by atoms with E-state index >= 15 is 0 Å². The van der Waals surface area contributed by atoms with Crippen LogP contribution < -0.4 is 5.32 Å². The average Bonchev–Trinajstić information content (AvgIpc) is 2.85. The maximum atomic E-state index is 9.80. The molecular weight excluding hydrogens is 258 g/mol. The van der Waals surface area contributed by atoms with Crippen molar-refractivity contribution in [1.29, 1.82) is 0 Å². The van der Waals surface area contributed by atoms with E-state index in [1.807, 2.05) is 0 Å². The van der Waals surface area contributed by atoms with Crippen LogP contribution in [0.2, 0.25) is 5.02 Å². The van der Waals surface area contributed by atoms with Gasteiger partial charge in [-0.05, 0) is 54.7 Å². The molecule has 1 aliphatic carbocycles. The number of phenols is 1. The summed E-state index contributed by atoms with van der Waals surface area (Å²) >= 11 is 6.09. The van der Waals surface area contributed by atoms with Crippen molar-refractivity contribution in [3.63, 3.8) is 0 Å². The molecule has 0 bridgehead atoms. The van der Waals surface area contributed by atoms with Crippen molar-refractivity contribution in [2.75, 3.05) is 5.32 Å². The van der Waals surface area contributed by atoms with Gasteiger partial charge in [0.05, 0.1) is 0 Å². The van der Waals surface area contributed by atoms with E-state index in [4.69, 9.17) is 11.6 Å². The van der Waals surface area contributed by atoms with Gasteiger partial charge < -0.3 is 10.4 Å². The van der Waals surface area contributed by atoms with Gasteiger partial charge in [0.25, 0.3) is 0 Å². The maximum Gasteiger partial charge on any atom is 0.122 e. The highest BCUT2D eigenvalue weighted by atomic mass is 35.5. The first kappa shape index (κ1) is 12.4. The fourth-order valence-electron chi connectivity index (χ4n) is 2.59. The summed E-state index contributed by atoms with van der Waals surface area (Å²) in [5.41, 5.74) is 4.73. The molecule has 3 heteroatoms. The predicted molar refractivity (Wildman–Crippen MR) is 78.9 cm³/mol. The Bertz CT molecular complexity index is 589. The molecule has 0 aromatic heterocycles. The molecular formula is C16H16ClNO. The molecule has 2 N–H and O–H groups in total. The third-order valence-corrected chi connectivity index (χ3v) is 4.02. The Morgan fingerprint density at radius 2 is 1.95 bits per heavy atom. The van der Waals surface area contributed by atoms with Gasteiger partial charge >= 0.3 is 0 Å². The number of hydrogen-bond donors (Lipinski definition) is 2. The lowest BCUT2D eigenvalue weighted by Crippen LogP contribution is -2.01. The van der Waals surface area contributed by atoms with Crippen LogP contribution in [0.1, 0.15) is 23.1 Å². The van der Waals surface area contributed by atoms with Crippen LogP contribution in [0.15, 0.2) is 36.4 Å². The minimum absolute atomic E-state index is 0.237. The maximum absolute atomic E-state index is 9.80.